The monoisotopic (exact) mass is 1500 g/mol. The van der Waals surface area contributed by atoms with E-state index < -0.39 is 186 Å². The third kappa shape index (κ3) is 32.5. The predicted molar refractivity (Wildman–Crippen MR) is 402 cm³/mol. The average Bonchev–Trinajstić information content (AvgIpc) is 1.76. The number of carbonyl (C=O) groups excluding carboxylic acids is 13. The second kappa shape index (κ2) is 47.3. The third-order valence-corrected chi connectivity index (χ3v) is 17.8. The van der Waals surface area contributed by atoms with Gasteiger partial charge in [0, 0.05) is 42.9 Å². The summed E-state index contributed by atoms with van der Waals surface area (Å²) in [6, 6.07) is 0.336. The number of fused-ring (bicyclic) bond motifs is 1. The normalized spacial score (nSPS) is 14.9. The Balaban J connectivity index is 1.94. The molecule has 1 heterocycles. The molecule has 0 saturated heterocycles. The first-order chi connectivity index (χ1) is 50.6. The molecular formula is C72H116N20O15. The van der Waals surface area contributed by atoms with Crippen molar-refractivity contribution >= 4 is 99.6 Å². The van der Waals surface area contributed by atoms with E-state index in [0.717, 1.165) is 0 Å². The number of likely N-dealkylation sites (N-methyl/N-ethyl adjacent to an activating group) is 1. The molecule has 35 heteroatoms. The van der Waals surface area contributed by atoms with Crippen LogP contribution in [0.15, 0.2) is 65.8 Å². The maximum Gasteiger partial charge on any atom is 0.303 e. The van der Waals surface area contributed by atoms with Gasteiger partial charge in [0.05, 0.1) is 12.6 Å². The third-order valence-electron chi connectivity index (χ3n) is 17.8. The summed E-state index contributed by atoms with van der Waals surface area (Å²) in [6.45, 7) is 14.8. The molecule has 0 bridgehead atoms. The number of para-hydroxylation sites is 1. The number of amides is 13. The summed E-state index contributed by atoms with van der Waals surface area (Å²) >= 11 is 0. The number of hydrogen-bond donors (Lipinski definition) is 20. The van der Waals surface area contributed by atoms with Crippen molar-refractivity contribution in [1.29, 1.82) is 0 Å². The van der Waals surface area contributed by atoms with Gasteiger partial charge in [-0.05, 0) is 140 Å². The summed E-state index contributed by atoms with van der Waals surface area (Å²) in [6.07, 6.45) is 2.72. The number of nitrogens with one attached hydrogen (secondary N) is 14. The van der Waals surface area contributed by atoms with Gasteiger partial charge < -0.3 is 108 Å². The number of H-pyrrole nitrogens is 1. The van der Waals surface area contributed by atoms with Gasteiger partial charge in [-0.3, -0.25) is 72.1 Å². The summed E-state index contributed by atoms with van der Waals surface area (Å²) in [5.74, 6) is -13.4. The minimum atomic E-state index is -1.60. The van der Waals surface area contributed by atoms with Gasteiger partial charge in [-0.1, -0.05) is 96.5 Å². The van der Waals surface area contributed by atoms with Crippen LogP contribution in [0.5, 0.6) is 0 Å². The molecule has 0 saturated carbocycles. The summed E-state index contributed by atoms with van der Waals surface area (Å²) < 4.78 is 0. The zero-order valence-corrected chi connectivity index (χ0v) is 63.2. The highest BCUT2D eigenvalue weighted by atomic mass is 16.4. The van der Waals surface area contributed by atoms with Crippen molar-refractivity contribution in [1.82, 2.24) is 74.1 Å². The van der Waals surface area contributed by atoms with E-state index in [1.807, 2.05) is 6.07 Å². The first-order valence-corrected chi connectivity index (χ1v) is 36.5. The Morgan fingerprint density at radius 3 is 1.50 bits per heavy atom. The second-order valence-corrected chi connectivity index (χ2v) is 27.5. The zero-order valence-electron chi connectivity index (χ0n) is 63.2. The minimum Gasteiger partial charge on any atom is -0.481 e. The first-order valence-electron chi connectivity index (χ1n) is 36.5. The first kappa shape index (κ1) is 90.9. The van der Waals surface area contributed by atoms with E-state index in [-0.39, 0.29) is 70.0 Å². The van der Waals surface area contributed by atoms with Crippen molar-refractivity contribution in [3.63, 3.8) is 0 Å². The van der Waals surface area contributed by atoms with Crippen molar-refractivity contribution in [2.75, 3.05) is 33.2 Å². The molecule has 107 heavy (non-hydrogen) atoms. The van der Waals surface area contributed by atoms with Crippen LogP contribution in [0.3, 0.4) is 0 Å². The number of aliphatic imine (C=N–C) groups is 1. The lowest BCUT2D eigenvalue weighted by Gasteiger charge is -2.30. The fourth-order valence-electron chi connectivity index (χ4n) is 11.2. The molecule has 0 aliphatic carbocycles. The van der Waals surface area contributed by atoms with Crippen molar-refractivity contribution in [3.8, 4) is 0 Å². The fraction of sp³-hybridized carbons (Fsp3) is 0.597. The fourth-order valence-corrected chi connectivity index (χ4v) is 11.2. The van der Waals surface area contributed by atoms with Gasteiger partial charge in [0.25, 0.3) is 0 Å². The summed E-state index contributed by atoms with van der Waals surface area (Å²) in [5.41, 5.74) is 29.6. The highest BCUT2D eigenvalue weighted by Crippen LogP contribution is 2.21. The Labute approximate surface area is 624 Å². The zero-order chi connectivity index (χ0) is 80.0. The predicted octanol–water partition coefficient (Wildman–Crippen LogP) is -2.54. The number of guanidine groups is 1. The number of nitrogens with two attached hydrogens (primary N) is 5. The summed E-state index contributed by atoms with van der Waals surface area (Å²) in [5, 5.41) is 45.0. The highest BCUT2D eigenvalue weighted by molar-refractivity contribution is 6.00. The lowest BCUT2D eigenvalue weighted by Crippen LogP contribution is -2.61. The van der Waals surface area contributed by atoms with E-state index in [4.69, 9.17) is 28.7 Å². The molecule has 0 spiro atoms. The Kier molecular flexibility index (Phi) is 40.2. The molecule has 3 rings (SSSR count). The van der Waals surface area contributed by atoms with Crippen molar-refractivity contribution < 1.29 is 72.2 Å². The summed E-state index contributed by atoms with van der Waals surface area (Å²) in [4.78, 5) is 200. The van der Waals surface area contributed by atoms with Crippen LogP contribution in [-0.4, -0.2) is 205 Å². The molecule has 0 fully saturated rings. The van der Waals surface area contributed by atoms with Crippen LogP contribution < -0.4 is 97.8 Å². The number of rotatable bonds is 50. The number of benzene rings is 2. The molecule has 13 atom stereocenters. The lowest BCUT2D eigenvalue weighted by atomic mass is 9.96. The van der Waals surface area contributed by atoms with Crippen LogP contribution in [0.2, 0.25) is 0 Å². The molecule has 2 aromatic carbocycles. The van der Waals surface area contributed by atoms with Crippen LogP contribution in [0.1, 0.15) is 150 Å². The van der Waals surface area contributed by atoms with Crippen molar-refractivity contribution in [2.24, 2.45) is 51.4 Å². The van der Waals surface area contributed by atoms with Gasteiger partial charge in [-0.25, -0.2) is 0 Å². The number of carbonyl (C=O) groups is 14. The maximum absolute atomic E-state index is 14.9. The molecular weight excluding hydrogens is 1380 g/mol. The molecule has 0 aliphatic heterocycles. The van der Waals surface area contributed by atoms with Gasteiger partial charge in [0.2, 0.25) is 76.8 Å². The van der Waals surface area contributed by atoms with E-state index in [9.17, 15) is 72.2 Å². The smallest absolute Gasteiger partial charge is 0.303 e. The van der Waals surface area contributed by atoms with E-state index >= 15 is 0 Å². The Morgan fingerprint density at radius 1 is 0.477 bits per heavy atom. The van der Waals surface area contributed by atoms with Crippen LogP contribution in [0.4, 0.5) is 0 Å². The molecule has 25 N–H and O–H groups in total. The van der Waals surface area contributed by atoms with Crippen LogP contribution in [0.25, 0.3) is 10.9 Å². The van der Waals surface area contributed by atoms with Crippen LogP contribution in [0, 0.1) is 17.8 Å². The average molecular weight is 1500 g/mol. The van der Waals surface area contributed by atoms with Gasteiger partial charge in [-0.2, -0.15) is 0 Å². The lowest BCUT2D eigenvalue weighted by molar-refractivity contribution is -0.139. The van der Waals surface area contributed by atoms with Crippen molar-refractivity contribution in [3.05, 3.63) is 71.9 Å². The SMILES string of the molecule is CCC(C)C(NC(=O)C(Cc1ccccc1)NC(=O)C(CCC(=O)O)NC(=O)C(CCCCN)NC(=O)C(C)NC(=O)C(C)NC)C(=O)NC(C)C(=O)NC(Cc1c[nH]c2ccccc12)C(=O)NC(CC(C)C)C(=O)NC(C(=O)NC(CCCCN)C(=O)NCC(=O)NC(CCCN=C(N)N)C(N)=O)C(C)C. The van der Waals surface area contributed by atoms with Crippen LogP contribution in [-0.2, 0) is 80.0 Å². The number of carboxylic acids is 1. The number of hydrogen-bond acceptors (Lipinski definition) is 18. The van der Waals surface area contributed by atoms with Gasteiger partial charge in [0.15, 0.2) is 5.96 Å². The second-order valence-electron chi connectivity index (χ2n) is 27.5. The largest absolute Gasteiger partial charge is 0.481 e. The Morgan fingerprint density at radius 2 is 0.944 bits per heavy atom. The number of aromatic nitrogens is 1. The number of carboxylic acid groups (broad SMARTS) is 1. The van der Waals surface area contributed by atoms with E-state index in [1.165, 1.54) is 13.8 Å². The highest BCUT2D eigenvalue weighted by Gasteiger charge is 2.38. The number of aliphatic carboxylic acids is 1. The van der Waals surface area contributed by atoms with Gasteiger partial charge in [-0.15, -0.1) is 0 Å². The topological polar surface area (TPSA) is 574 Å². The molecule has 0 aliphatic rings. The molecule has 3 aromatic rings. The number of aromatic amines is 1. The molecule has 35 nitrogen and oxygen atoms in total. The number of primary amides is 1. The molecule has 1 aromatic heterocycles. The summed E-state index contributed by atoms with van der Waals surface area (Å²) in [7, 11) is 1.56. The van der Waals surface area contributed by atoms with E-state index in [1.54, 1.807) is 110 Å². The van der Waals surface area contributed by atoms with Crippen LogP contribution >= 0.6 is 0 Å². The van der Waals surface area contributed by atoms with Crippen molar-refractivity contribution in [2.45, 2.75) is 225 Å². The van der Waals surface area contributed by atoms with Gasteiger partial charge >= 0.3 is 5.97 Å². The number of nitrogens with zero attached hydrogens (tertiary/aromatic N) is 1. The minimum absolute atomic E-state index is 0.0296. The molecule has 594 valence electrons. The molecule has 0 radical (unpaired) electrons. The number of unbranched alkanes of at least 4 members (excludes halogenated alkanes) is 2. The maximum atomic E-state index is 14.9. The Hall–Kier alpha value is -10.3. The van der Waals surface area contributed by atoms with E-state index in [0.29, 0.717) is 60.6 Å². The Bertz CT molecular complexity index is 3480. The molecule has 13 unspecified atom stereocenters. The van der Waals surface area contributed by atoms with E-state index in [2.05, 4.69) is 79.1 Å². The van der Waals surface area contributed by atoms with Gasteiger partial charge in [0.1, 0.15) is 66.5 Å². The standard InChI is InChI=1S/C72H116N20O15/c1-11-41(6)59(92-69(105)54(35-45-22-13-12-14-23-45)90-66(102)52(29-30-57(94)95)86-65(101)51(27-18-20-32-74)85-62(98)43(8)82-61(97)42(7)78-10)71(107)83-44(9)63(99)88-55(36-46-37-80-48-25-16-15-24-47(46)48)67(103)89-53(34-39(2)3)68(104)91-58(40(4)5)70(106)87-50(26-17-19-31-73)64(100)81-38-56(93)84-49(60(75)96)28-21-33-79-72(76)77/h12-16,22-25,37,39-44,49-55,58-59,78,80H,11,17-21,26-36,38,73-74H2,1-10H3,(H2,75,96)(H,81,100)(H,82,97)(H,83,107)(H,84,93)(H,85,98)(H,86,101)(H,87,106)(H,88,99)(H,89,103)(H,90,102)(H,91,104)(H,92,105)(H,94,95)(H4,76,77,79). The molecule has 13 amide bonds. The quantitative estimate of drug-likeness (QED) is 0.0157.